The minimum absolute atomic E-state index is 0.115. The van der Waals surface area contributed by atoms with Gasteiger partial charge in [0.1, 0.15) is 30.5 Å². The minimum Gasteiger partial charge on any atom is -0.457 e. The molecule has 9 heteroatoms. The van der Waals surface area contributed by atoms with Crippen molar-refractivity contribution in [3.63, 3.8) is 0 Å². The van der Waals surface area contributed by atoms with E-state index in [2.05, 4.69) is 38.2 Å². The van der Waals surface area contributed by atoms with E-state index in [4.69, 9.17) is 18.9 Å². The number of esters is 1. The number of carbonyl (C=O) groups is 1. The second-order valence-electron chi connectivity index (χ2n) is 13.7. The average molecular weight is 699 g/mol. The van der Waals surface area contributed by atoms with Crippen LogP contribution < -0.4 is 0 Å². The highest BCUT2D eigenvalue weighted by molar-refractivity contribution is 5.69. The molecule has 288 valence electrons. The largest absolute Gasteiger partial charge is 0.457 e. The predicted molar refractivity (Wildman–Crippen MR) is 196 cm³/mol. The standard InChI is InChI=1S/C40H74O9/c1-3-5-7-9-11-13-15-16-17-18-20-22-24-26-28-30-46-32-34(33-47-40-39(45)38(44)37(43)35(31-41)49-40)48-36(42)29-27-25-23-21-19-14-12-10-8-6-4-2/h9,11,15-16,34-35,37-41,43-45H,3-8,10,12-14,17-33H2,1-2H3/b11-9-,16-15-. The Balaban J connectivity index is 2.32. The molecule has 1 aliphatic heterocycles. The van der Waals surface area contributed by atoms with Crippen LogP contribution in [0.4, 0.5) is 0 Å². The van der Waals surface area contributed by atoms with Crippen LogP contribution in [0.25, 0.3) is 0 Å². The van der Waals surface area contributed by atoms with Crippen molar-refractivity contribution < 1.29 is 44.2 Å². The van der Waals surface area contributed by atoms with Crippen molar-refractivity contribution in [2.24, 2.45) is 0 Å². The summed E-state index contributed by atoms with van der Waals surface area (Å²) < 4.78 is 22.7. The highest BCUT2D eigenvalue weighted by Crippen LogP contribution is 2.22. The molecule has 1 heterocycles. The number of hydrogen-bond acceptors (Lipinski definition) is 9. The third-order valence-electron chi connectivity index (χ3n) is 9.12. The smallest absolute Gasteiger partial charge is 0.306 e. The fourth-order valence-corrected chi connectivity index (χ4v) is 5.92. The summed E-state index contributed by atoms with van der Waals surface area (Å²) >= 11 is 0. The van der Waals surface area contributed by atoms with Crippen LogP contribution in [0, 0.1) is 0 Å². The van der Waals surface area contributed by atoms with Gasteiger partial charge in [-0.05, 0) is 38.5 Å². The fourth-order valence-electron chi connectivity index (χ4n) is 5.92. The van der Waals surface area contributed by atoms with Gasteiger partial charge in [0.2, 0.25) is 0 Å². The first-order valence-corrected chi connectivity index (χ1v) is 19.9. The topological polar surface area (TPSA) is 135 Å². The van der Waals surface area contributed by atoms with Gasteiger partial charge in [-0.3, -0.25) is 4.79 Å². The maximum Gasteiger partial charge on any atom is 0.306 e. The molecule has 49 heavy (non-hydrogen) atoms. The number of carbonyl (C=O) groups excluding carboxylic acids is 1. The Labute approximate surface area is 298 Å². The van der Waals surface area contributed by atoms with Gasteiger partial charge in [0.05, 0.1) is 19.8 Å². The molecule has 1 aliphatic rings. The summed E-state index contributed by atoms with van der Waals surface area (Å²) in [5, 5.41) is 39.9. The quantitative estimate of drug-likeness (QED) is 0.0307. The zero-order valence-electron chi connectivity index (χ0n) is 31.2. The van der Waals surface area contributed by atoms with Crippen LogP contribution in [0.1, 0.15) is 162 Å². The third kappa shape index (κ3) is 24.5. The van der Waals surface area contributed by atoms with E-state index >= 15 is 0 Å². The molecule has 0 amide bonds. The van der Waals surface area contributed by atoms with Crippen molar-refractivity contribution in [2.75, 3.05) is 26.4 Å². The van der Waals surface area contributed by atoms with Gasteiger partial charge in [0.15, 0.2) is 6.29 Å². The van der Waals surface area contributed by atoms with E-state index in [0.717, 1.165) is 51.4 Å². The summed E-state index contributed by atoms with van der Waals surface area (Å²) in [7, 11) is 0. The van der Waals surface area contributed by atoms with Crippen molar-refractivity contribution in [3.8, 4) is 0 Å². The van der Waals surface area contributed by atoms with Crippen LogP contribution in [-0.4, -0.2) is 89.6 Å². The molecular weight excluding hydrogens is 624 g/mol. The first kappa shape index (κ1) is 45.7. The number of unbranched alkanes of at least 4 members (excludes halogenated alkanes) is 18. The lowest BCUT2D eigenvalue weighted by molar-refractivity contribution is -0.305. The van der Waals surface area contributed by atoms with E-state index in [1.165, 1.54) is 89.9 Å². The fraction of sp³-hybridized carbons (Fsp3) is 0.875. The monoisotopic (exact) mass is 699 g/mol. The number of aliphatic hydroxyl groups is 4. The van der Waals surface area contributed by atoms with E-state index in [0.29, 0.717) is 13.0 Å². The van der Waals surface area contributed by atoms with Crippen LogP contribution in [-0.2, 0) is 23.7 Å². The number of hydrogen-bond donors (Lipinski definition) is 4. The molecule has 0 spiro atoms. The molecule has 0 bridgehead atoms. The molecule has 1 saturated heterocycles. The molecule has 0 aliphatic carbocycles. The first-order valence-electron chi connectivity index (χ1n) is 19.9. The highest BCUT2D eigenvalue weighted by atomic mass is 16.7. The van der Waals surface area contributed by atoms with Gasteiger partial charge in [-0.1, -0.05) is 141 Å². The van der Waals surface area contributed by atoms with Gasteiger partial charge < -0.3 is 39.4 Å². The molecule has 4 N–H and O–H groups in total. The van der Waals surface area contributed by atoms with Crippen molar-refractivity contribution in [1.29, 1.82) is 0 Å². The highest BCUT2D eigenvalue weighted by Gasteiger charge is 2.44. The maximum atomic E-state index is 12.7. The summed E-state index contributed by atoms with van der Waals surface area (Å²) in [5.74, 6) is -0.319. The number of ether oxygens (including phenoxy) is 4. The van der Waals surface area contributed by atoms with Gasteiger partial charge in [-0.15, -0.1) is 0 Å². The summed E-state index contributed by atoms with van der Waals surface area (Å²) in [5.41, 5.74) is 0. The Hall–Kier alpha value is -1.33. The average Bonchev–Trinajstić information content (AvgIpc) is 3.10. The van der Waals surface area contributed by atoms with E-state index in [9.17, 15) is 25.2 Å². The van der Waals surface area contributed by atoms with E-state index in [1.54, 1.807) is 0 Å². The Bertz CT molecular complexity index is 803. The summed E-state index contributed by atoms with van der Waals surface area (Å²) in [4.78, 5) is 12.7. The molecule has 0 radical (unpaired) electrons. The molecule has 1 rings (SSSR count). The van der Waals surface area contributed by atoms with Crippen molar-refractivity contribution in [1.82, 2.24) is 0 Å². The molecule has 0 aromatic heterocycles. The molecule has 0 saturated carbocycles. The third-order valence-corrected chi connectivity index (χ3v) is 9.12. The Morgan fingerprint density at radius 3 is 1.82 bits per heavy atom. The molecule has 0 aromatic rings. The number of aliphatic hydroxyl groups excluding tert-OH is 4. The zero-order chi connectivity index (χ0) is 35.8. The summed E-state index contributed by atoms with van der Waals surface area (Å²) in [6.45, 7) is 4.48. The lowest BCUT2D eigenvalue weighted by atomic mass is 9.99. The second-order valence-corrected chi connectivity index (χ2v) is 13.7. The van der Waals surface area contributed by atoms with E-state index in [1.807, 2.05) is 0 Å². The maximum absolute atomic E-state index is 12.7. The van der Waals surface area contributed by atoms with Crippen LogP contribution in [0.3, 0.4) is 0 Å². The SMILES string of the molecule is CCCC/C=C\C/C=C\CCCCCCCCOCC(COC1OC(CO)C(O)C(O)C1O)OC(=O)CCCCCCCCCCCCC. The van der Waals surface area contributed by atoms with Crippen molar-refractivity contribution in [2.45, 2.75) is 198 Å². The van der Waals surface area contributed by atoms with Crippen molar-refractivity contribution in [3.05, 3.63) is 24.3 Å². The Kier molecular flexibility index (Phi) is 30.4. The second kappa shape index (κ2) is 32.6. The van der Waals surface area contributed by atoms with Gasteiger partial charge in [0.25, 0.3) is 0 Å². The van der Waals surface area contributed by atoms with E-state index < -0.39 is 43.4 Å². The van der Waals surface area contributed by atoms with Crippen LogP contribution >= 0.6 is 0 Å². The summed E-state index contributed by atoms with van der Waals surface area (Å²) in [6, 6.07) is 0. The molecular formula is C40H74O9. The zero-order valence-corrected chi connectivity index (χ0v) is 31.2. The molecule has 6 atom stereocenters. The molecule has 1 fully saturated rings. The number of allylic oxidation sites excluding steroid dienone is 4. The van der Waals surface area contributed by atoms with Crippen molar-refractivity contribution >= 4 is 5.97 Å². The number of rotatable bonds is 33. The Morgan fingerprint density at radius 2 is 1.20 bits per heavy atom. The lowest BCUT2D eigenvalue weighted by Crippen LogP contribution is -2.59. The summed E-state index contributed by atoms with van der Waals surface area (Å²) in [6.07, 6.45) is 27.7. The molecule has 0 aromatic carbocycles. The Morgan fingerprint density at radius 1 is 0.653 bits per heavy atom. The molecule has 6 unspecified atom stereocenters. The molecule has 9 nitrogen and oxygen atoms in total. The van der Waals surface area contributed by atoms with Crippen LogP contribution in [0.2, 0.25) is 0 Å². The van der Waals surface area contributed by atoms with Crippen LogP contribution in [0.5, 0.6) is 0 Å². The minimum atomic E-state index is -1.53. The predicted octanol–water partition coefficient (Wildman–Crippen LogP) is 7.86. The first-order chi connectivity index (χ1) is 23.9. The van der Waals surface area contributed by atoms with Gasteiger partial charge in [-0.25, -0.2) is 0 Å². The van der Waals surface area contributed by atoms with Gasteiger partial charge in [-0.2, -0.15) is 0 Å². The lowest BCUT2D eigenvalue weighted by Gasteiger charge is -2.39. The normalized spacial score (nSPS) is 22.0. The van der Waals surface area contributed by atoms with Gasteiger partial charge >= 0.3 is 5.97 Å². The van der Waals surface area contributed by atoms with E-state index in [-0.39, 0.29) is 19.2 Å². The van der Waals surface area contributed by atoms with Crippen LogP contribution in [0.15, 0.2) is 24.3 Å². The van der Waals surface area contributed by atoms with Gasteiger partial charge in [0, 0.05) is 13.0 Å².